The van der Waals surface area contributed by atoms with Crippen molar-refractivity contribution in [3.05, 3.63) is 52.4 Å². The van der Waals surface area contributed by atoms with Crippen molar-refractivity contribution in [1.29, 1.82) is 0 Å². The zero-order chi connectivity index (χ0) is 15.2. The molecular formula is C15H20N4O2. The standard InChI is InChI=1S/C15H20N4O2/c1-18(8-7-16)13-9-15(20)19(17-10-13)11-12-3-5-14(21-2)6-4-12/h3-6,9-10H,7-8,11,16H2,1-2H3. The van der Waals surface area contributed by atoms with E-state index in [0.717, 1.165) is 17.0 Å². The summed E-state index contributed by atoms with van der Waals surface area (Å²) < 4.78 is 6.54. The van der Waals surface area contributed by atoms with Gasteiger partial charge in [0.25, 0.3) is 5.56 Å². The fourth-order valence-electron chi connectivity index (χ4n) is 1.98. The van der Waals surface area contributed by atoms with Crippen LogP contribution in [-0.2, 0) is 6.54 Å². The lowest BCUT2D eigenvalue weighted by atomic mass is 10.2. The van der Waals surface area contributed by atoms with Crippen molar-refractivity contribution in [2.24, 2.45) is 5.73 Å². The van der Waals surface area contributed by atoms with Gasteiger partial charge in [-0.25, -0.2) is 4.68 Å². The predicted octanol–water partition coefficient (Wildman–Crippen LogP) is 0.695. The zero-order valence-corrected chi connectivity index (χ0v) is 12.3. The summed E-state index contributed by atoms with van der Waals surface area (Å²) >= 11 is 0. The SMILES string of the molecule is COc1ccc(Cn2ncc(N(C)CCN)cc2=O)cc1. The Labute approximate surface area is 123 Å². The monoisotopic (exact) mass is 288 g/mol. The van der Waals surface area contributed by atoms with E-state index in [1.807, 2.05) is 36.2 Å². The molecule has 1 aromatic carbocycles. The molecule has 0 radical (unpaired) electrons. The van der Waals surface area contributed by atoms with Gasteiger partial charge in [-0.05, 0) is 17.7 Å². The molecule has 0 saturated carbocycles. The predicted molar refractivity (Wildman–Crippen MR) is 82.9 cm³/mol. The minimum atomic E-state index is -0.132. The highest BCUT2D eigenvalue weighted by atomic mass is 16.5. The third kappa shape index (κ3) is 3.82. The van der Waals surface area contributed by atoms with Gasteiger partial charge in [0.1, 0.15) is 5.75 Å². The van der Waals surface area contributed by atoms with Crippen LogP contribution < -0.4 is 20.9 Å². The Balaban J connectivity index is 2.15. The second kappa shape index (κ2) is 6.90. The van der Waals surface area contributed by atoms with E-state index in [1.54, 1.807) is 19.4 Å². The Kier molecular flexibility index (Phi) is 4.94. The number of benzene rings is 1. The van der Waals surface area contributed by atoms with Crippen LogP contribution in [0.4, 0.5) is 5.69 Å². The first-order chi connectivity index (χ1) is 10.1. The van der Waals surface area contributed by atoms with Crippen LogP contribution in [0.5, 0.6) is 5.75 Å². The first-order valence-corrected chi connectivity index (χ1v) is 6.75. The van der Waals surface area contributed by atoms with E-state index in [0.29, 0.717) is 19.6 Å². The molecule has 112 valence electrons. The summed E-state index contributed by atoms with van der Waals surface area (Å²) in [5.74, 6) is 0.790. The highest BCUT2D eigenvalue weighted by Crippen LogP contribution is 2.12. The zero-order valence-electron chi connectivity index (χ0n) is 12.3. The number of hydrogen-bond acceptors (Lipinski definition) is 5. The highest BCUT2D eigenvalue weighted by Gasteiger charge is 2.05. The van der Waals surface area contributed by atoms with Gasteiger partial charge in [-0.2, -0.15) is 5.10 Å². The van der Waals surface area contributed by atoms with Gasteiger partial charge in [0, 0.05) is 26.2 Å². The van der Waals surface area contributed by atoms with Crippen molar-refractivity contribution in [3.8, 4) is 5.75 Å². The smallest absolute Gasteiger partial charge is 0.269 e. The number of likely N-dealkylation sites (N-methyl/N-ethyl adjacent to an activating group) is 1. The number of aromatic nitrogens is 2. The second-order valence-corrected chi connectivity index (χ2v) is 4.77. The molecule has 0 aliphatic carbocycles. The van der Waals surface area contributed by atoms with Gasteiger partial charge in [0.15, 0.2) is 0 Å². The minimum absolute atomic E-state index is 0.132. The molecule has 2 N–H and O–H groups in total. The highest BCUT2D eigenvalue weighted by molar-refractivity contribution is 5.41. The van der Waals surface area contributed by atoms with Gasteiger partial charge in [-0.15, -0.1) is 0 Å². The van der Waals surface area contributed by atoms with Crippen molar-refractivity contribution in [3.63, 3.8) is 0 Å². The lowest BCUT2D eigenvalue weighted by Gasteiger charge is -2.17. The summed E-state index contributed by atoms with van der Waals surface area (Å²) in [5, 5.41) is 4.21. The van der Waals surface area contributed by atoms with Gasteiger partial charge in [-0.3, -0.25) is 4.79 Å². The molecule has 0 saturated heterocycles. The van der Waals surface area contributed by atoms with Crippen molar-refractivity contribution in [2.45, 2.75) is 6.54 Å². The summed E-state index contributed by atoms with van der Waals surface area (Å²) in [6.45, 7) is 1.65. The van der Waals surface area contributed by atoms with E-state index in [4.69, 9.17) is 10.5 Å². The molecule has 0 aliphatic rings. The van der Waals surface area contributed by atoms with Crippen molar-refractivity contribution >= 4 is 5.69 Å². The molecule has 0 unspecified atom stereocenters. The molecule has 1 heterocycles. The number of methoxy groups -OCH3 is 1. The first-order valence-electron chi connectivity index (χ1n) is 6.75. The Morgan fingerprint density at radius 2 is 2.05 bits per heavy atom. The molecule has 6 heteroatoms. The average molecular weight is 288 g/mol. The topological polar surface area (TPSA) is 73.4 Å². The number of anilines is 1. The Bertz CT molecular complexity index is 637. The van der Waals surface area contributed by atoms with E-state index in [1.165, 1.54) is 4.68 Å². The largest absolute Gasteiger partial charge is 0.497 e. The fourth-order valence-corrected chi connectivity index (χ4v) is 1.98. The van der Waals surface area contributed by atoms with E-state index in [2.05, 4.69) is 5.10 Å². The van der Waals surface area contributed by atoms with E-state index in [9.17, 15) is 4.79 Å². The molecule has 6 nitrogen and oxygen atoms in total. The lowest BCUT2D eigenvalue weighted by Crippen LogP contribution is -2.29. The summed E-state index contributed by atoms with van der Waals surface area (Å²) in [6.07, 6.45) is 1.68. The molecule has 0 fully saturated rings. The Morgan fingerprint density at radius 3 is 2.62 bits per heavy atom. The number of ether oxygens (including phenoxy) is 1. The maximum atomic E-state index is 12.1. The summed E-state index contributed by atoms with van der Waals surface area (Å²) in [6, 6.07) is 9.14. The second-order valence-electron chi connectivity index (χ2n) is 4.77. The van der Waals surface area contributed by atoms with Gasteiger partial charge in [-0.1, -0.05) is 12.1 Å². The Hall–Kier alpha value is -2.34. The van der Waals surface area contributed by atoms with Gasteiger partial charge < -0.3 is 15.4 Å². The van der Waals surface area contributed by atoms with Crippen LogP contribution >= 0.6 is 0 Å². The average Bonchev–Trinajstić information content (AvgIpc) is 2.50. The summed E-state index contributed by atoms with van der Waals surface area (Å²) in [4.78, 5) is 14.0. The normalized spacial score (nSPS) is 10.4. The molecule has 2 rings (SSSR count). The quantitative estimate of drug-likeness (QED) is 0.847. The molecule has 0 atom stereocenters. The van der Waals surface area contributed by atoms with Gasteiger partial charge in [0.05, 0.1) is 25.5 Å². The van der Waals surface area contributed by atoms with Crippen LogP contribution in [0.1, 0.15) is 5.56 Å². The van der Waals surface area contributed by atoms with Crippen LogP contribution in [0.3, 0.4) is 0 Å². The first kappa shape index (κ1) is 15.1. The van der Waals surface area contributed by atoms with E-state index < -0.39 is 0 Å². The molecule has 0 bridgehead atoms. The van der Waals surface area contributed by atoms with Crippen molar-refractivity contribution in [1.82, 2.24) is 9.78 Å². The van der Waals surface area contributed by atoms with Crippen LogP contribution in [0.25, 0.3) is 0 Å². The lowest BCUT2D eigenvalue weighted by molar-refractivity contribution is 0.414. The molecular weight excluding hydrogens is 268 g/mol. The molecule has 1 aromatic heterocycles. The Morgan fingerprint density at radius 1 is 1.33 bits per heavy atom. The van der Waals surface area contributed by atoms with Crippen LogP contribution in [0.2, 0.25) is 0 Å². The third-order valence-corrected chi connectivity index (χ3v) is 3.25. The fraction of sp³-hybridized carbons (Fsp3) is 0.333. The van der Waals surface area contributed by atoms with E-state index in [-0.39, 0.29) is 5.56 Å². The number of nitrogens with two attached hydrogens (primary N) is 1. The molecule has 2 aromatic rings. The van der Waals surface area contributed by atoms with Crippen molar-refractivity contribution in [2.75, 3.05) is 32.1 Å². The number of nitrogens with zero attached hydrogens (tertiary/aromatic N) is 3. The van der Waals surface area contributed by atoms with Crippen molar-refractivity contribution < 1.29 is 4.74 Å². The van der Waals surface area contributed by atoms with Gasteiger partial charge >= 0.3 is 0 Å². The maximum absolute atomic E-state index is 12.1. The van der Waals surface area contributed by atoms with Crippen LogP contribution in [0.15, 0.2) is 41.3 Å². The molecule has 0 aliphatic heterocycles. The third-order valence-electron chi connectivity index (χ3n) is 3.25. The molecule has 0 spiro atoms. The van der Waals surface area contributed by atoms with E-state index >= 15 is 0 Å². The van der Waals surface area contributed by atoms with Crippen LogP contribution in [-0.4, -0.2) is 37.0 Å². The molecule has 21 heavy (non-hydrogen) atoms. The summed E-state index contributed by atoms with van der Waals surface area (Å²) in [7, 11) is 3.51. The van der Waals surface area contributed by atoms with Crippen LogP contribution in [0, 0.1) is 0 Å². The minimum Gasteiger partial charge on any atom is -0.497 e. The molecule has 0 amide bonds. The number of hydrogen-bond donors (Lipinski definition) is 1. The number of rotatable bonds is 6. The van der Waals surface area contributed by atoms with Gasteiger partial charge in [0.2, 0.25) is 0 Å². The maximum Gasteiger partial charge on any atom is 0.269 e. The summed E-state index contributed by atoms with van der Waals surface area (Å²) in [5.41, 5.74) is 7.14.